The maximum absolute atomic E-state index is 11.3. The van der Waals surface area contributed by atoms with Crippen LogP contribution in [0, 0.1) is 10.1 Å². The number of rotatable bonds is 1. The van der Waals surface area contributed by atoms with Gasteiger partial charge < -0.3 is 0 Å². The van der Waals surface area contributed by atoms with Gasteiger partial charge in [0.15, 0.2) is 0 Å². The lowest BCUT2D eigenvalue weighted by atomic mass is 10.1. The number of nitrogens with one attached hydrogen (secondary N) is 1. The Kier molecular flexibility index (Phi) is 2.04. The number of benzene rings is 1. The van der Waals surface area contributed by atoms with Gasteiger partial charge in [-0.25, -0.2) is 0 Å². The van der Waals surface area contributed by atoms with Crippen LogP contribution in [0.4, 0.5) is 5.69 Å². The van der Waals surface area contributed by atoms with Gasteiger partial charge >= 0.3 is 0 Å². The summed E-state index contributed by atoms with van der Waals surface area (Å²) in [4.78, 5) is 32.4. The molecule has 0 saturated carbocycles. The van der Waals surface area contributed by atoms with E-state index in [1.165, 1.54) is 12.1 Å². The number of hydrogen-bond acceptors (Lipinski definition) is 4. The van der Waals surface area contributed by atoms with Crippen molar-refractivity contribution in [1.82, 2.24) is 5.32 Å². The Balaban J connectivity index is 2.74. The highest BCUT2D eigenvalue weighted by molar-refractivity contribution is 9.10. The first-order valence-corrected chi connectivity index (χ1v) is 4.64. The van der Waals surface area contributed by atoms with Crippen molar-refractivity contribution in [3.63, 3.8) is 0 Å². The molecular weight excluding hydrogens is 268 g/mol. The molecule has 0 bridgehead atoms. The Morgan fingerprint density at radius 2 is 1.93 bits per heavy atom. The van der Waals surface area contributed by atoms with Crippen LogP contribution in [0.25, 0.3) is 0 Å². The van der Waals surface area contributed by atoms with E-state index in [4.69, 9.17) is 0 Å². The summed E-state index contributed by atoms with van der Waals surface area (Å²) >= 11 is 2.95. The van der Waals surface area contributed by atoms with Crippen LogP contribution in [-0.4, -0.2) is 16.7 Å². The first kappa shape index (κ1) is 9.78. The fourth-order valence-electron chi connectivity index (χ4n) is 1.35. The smallest absolute Gasteiger partial charge is 0.284 e. The number of nitrogens with zero attached hydrogens (tertiary/aromatic N) is 1. The first-order valence-electron chi connectivity index (χ1n) is 3.85. The quantitative estimate of drug-likeness (QED) is 0.472. The highest BCUT2D eigenvalue weighted by atomic mass is 79.9. The molecule has 15 heavy (non-hydrogen) atoms. The lowest BCUT2D eigenvalue weighted by Crippen LogP contribution is -2.20. The van der Waals surface area contributed by atoms with E-state index >= 15 is 0 Å². The number of imide groups is 1. The van der Waals surface area contributed by atoms with E-state index in [1.807, 2.05) is 0 Å². The maximum Gasteiger partial charge on any atom is 0.284 e. The summed E-state index contributed by atoms with van der Waals surface area (Å²) in [6, 6.07) is 2.44. The van der Waals surface area contributed by atoms with Crippen LogP contribution in [0.15, 0.2) is 16.6 Å². The van der Waals surface area contributed by atoms with E-state index < -0.39 is 16.7 Å². The number of carbonyl (C=O) groups is 2. The number of fused-ring (bicyclic) bond motifs is 1. The van der Waals surface area contributed by atoms with Crippen molar-refractivity contribution in [1.29, 1.82) is 0 Å². The van der Waals surface area contributed by atoms with Crippen molar-refractivity contribution in [3.05, 3.63) is 37.8 Å². The van der Waals surface area contributed by atoms with Gasteiger partial charge in [0.05, 0.1) is 16.1 Å². The zero-order valence-corrected chi connectivity index (χ0v) is 8.70. The Hall–Kier alpha value is -1.76. The number of halogens is 1. The molecule has 1 aromatic carbocycles. The molecule has 6 nitrogen and oxygen atoms in total. The van der Waals surface area contributed by atoms with Crippen LogP contribution < -0.4 is 5.32 Å². The van der Waals surface area contributed by atoms with E-state index in [9.17, 15) is 19.7 Å². The molecule has 0 spiro atoms. The minimum atomic E-state index is -0.625. The number of hydrogen-bond donors (Lipinski definition) is 1. The van der Waals surface area contributed by atoms with E-state index in [2.05, 4.69) is 21.2 Å². The molecule has 1 aliphatic heterocycles. The molecule has 0 radical (unpaired) electrons. The van der Waals surface area contributed by atoms with Gasteiger partial charge in [-0.05, 0) is 22.0 Å². The van der Waals surface area contributed by atoms with E-state index in [1.54, 1.807) is 0 Å². The standard InChI is InChI=1S/C8H3BrN2O4/c9-6-4(11(14)15)2-1-3-5(6)8(13)10-7(3)12/h1-2H,(H,10,12,13). The van der Waals surface area contributed by atoms with Crippen LogP contribution in [0.5, 0.6) is 0 Å². The molecule has 1 N–H and O–H groups in total. The zero-order valence-electron chi connectivity index (χ0n) is 7.11. The minimum absolute atomic E-state index is 0.0224. The average molecular weight is 271 g/mol. The van der Waals surface area contributed by atoms with Gasteiger partial charge in [-0.15, -0.1) is 0 Å². The maximum atomic E-state index is 11.3. The van der Waals surface area contributed by atoms with Crippen molar-refractivity contribution < 1.29 is 14.5 Å². The first-order chi connectivity index (χ1) is 7.02. The van der Waals surface area contributed by atoms with Crippen molar-refractivity contribution in [2.45, 2.75) is 0 Å². The van der Waals surface area contributed by atoms with Gasteiger partial charge in [0, 0.05) is 6.07 Å². The summed E-state index contributed by atoms with van der Waals surface area (Å²) in [6.07, 6.45) is 0. The third kappa shape index (κ3) is 1.32. The predicted molar refractivity (Wildman–Crippen MR) is 52.6 cm³/mol. The Bertz CT molecular complexity index is 512. The van der Waals surface area contributed by atoms with E-state index in [0.29, 0.717) is 0 Å². The summed E-state index contributed by atoms with van der Waals surface area (Å²) in [5.41, 5.74) is -0.0646. The molecule has 76 valence electrons. The number of nitro groups is 1. The van der Waals surface area contributed by atoms with Gasteiger partial charge in [-0.3, -0.25) is 25.0 Å². The number of amides is 2. The van der Waals surface area contributed by atoms with Crippen LogP contribution in [-0.2, 0) is 0 Å². The molecule has 1 aromatic rings. The molecule has 2 amide bonds. The monoisotopic (exact) mass is 270 g/mol. The second kappa shape index (κ2) is 3.13. The third-order valence-corrected chi connectivity index (χ3v) is 2.82. The second-order valence-corrected chi connectivity index (χ2v) is 3.65. The van der Waals surface area contributed by atoms with Crippen LogP contribution >= 0.6 is 15.9 Å². The van der Waals surface area contributed by atoms with Gasteiger partial charge in [0.25, 0.3) is 17.5 Å². The van der Waals surface area contributed by atoms with Crippen molar-refractivity contribution in [2.24, 2.45) is 0 Å². The Morgan fingerprint density at radius 3 is 2.53 bits per heavy atom. The van der Waals surface area contributed by atoms with Gasteiger partial charge in [0.1, 0.15) is 4.47 Å². The van der Waals surface area contributed by atoms with Gasteiger partial charge in [-0.1, -0.05) is 0 Å². The molecule has 1 heterocycles. The summed E-state index contributed by atoms with van der Waals surface area (Å²) in [7, 11) is 0. The average Bonchev–Trinajstić information content (AvgIpc) is 2.43. The van der Waals surface area contributed by atoms with Crippen molar-refractivity contribution >= 4 is 33.4 Å². The predicted octanol–water partition coefficient (Wildman–Crippen LogP) is 1.24. The molecular formula is C8H3BrN2O4. The molecule has 2 rings (SSSR count). The largest absolute Gasteiger partial charge is 0.288 e. The summed E-state index contributed by atoms with van der Waals surface area (Å²) in [5, 5.41) is 12.6. The van der Waals surface area contributed by atoms with Crippen LogP contribution in [0.3, 0.4) is 0 Å². The summed E-state index contributed by atoms with van der Waals surface area (Å²) in [5.74, 6) is -1.16. The van der Waals surface area contributed by atoms with Crippen LogP contribution in [0.1, 0.15) is 20.7 Å². The van der Waals surface area contributed by atoms with Crippen LogP contribution in [0.2, 0.25) is 0 Å². The Morgan fingerprint density at radius 1 is 1.27 bits per heavy atom. The lowest BCUT2D eigenvalue weighted by Gasteiger charge is -1.98. The number of carbonyl (C=O) groups excluding carboxylic acids is 2. The molecule has 7 heteroatoms. The topological polar surface area (TPSA) is 89.3 Å². The molecule has 0 aromatic heterocycles. The third-order valence-electron chi connectivity index (χ3n) is 2.02. The molecule has 0 saturated heterocycles. The fraction of sp³-hybridized carbons (Fsp3) is 0. The van der Waals surface area contributed by atoms with Crippen molar-refractivity contribution in [2.75, 3.05) is 0 Å². The molecule has 0 aliphatic carbocycles. The van der Waals surface area contributed by atoms with Gasteiger partial charge in [0.2, 0.25) is 0 Å². The zero-order chi connectivity index (χ0) is 11.2. The molecule has 0 atom stereocenters. The highest BCUT2D eigenvalue weighted by Gasteiger charge is 2.32. The van der Waals surface area contributed by atoms with E-state index in [-0.39, 0.29) is 21.3 Å². The number of nitro benzene ring substituents is 1. The van der Waals surface area contributed by atoms with E-state index in [0.717, 1.165) is 0 Å². The second-order valence-electron chi connectivity index (χ2n) is 2.86. The van der Waals surface area contributed by atoms with Crippen molar-refractivity contribution in [3.8, 4) is 0 Å². The highest BCUT2D eigenvalue weighted by Crippen LogP contribution is 2.32. The Labute approximate surface area is 91.5 Å². The summed E-state index contributed by atoms with van der Waals surface area (Å²) < 4.78 is 0.0355. The summed E-state index contributed by atoms with van der Waals surface area (Å²) in [6.45, 7) is 0. The minimum Gasteiger partial charge on any atom is -0.288 e. The normalized spacial score (nSPS) is 13.7. The lowest BCUT2D eigenvalue weighted by molar-refractivity contribution is -0.385. The van der Waals surface area contributed by atoms with Gasteiger partial charge in [-0.2, -0.15) is 0 Å². The molecule has 1 aliphatic rings. The fourth-order valence-corrected chi connectivity index (χ4v) is 2.02. The SMILES string of the molecule is O=C1NC(=O)c2c1ccc([N+](=O)[O-])c2Br. The molecule has 0 fully saturated rings. The molecule has 0 unspecified atom stereocenters.